The van der Waals surface area contributed by atoms with E-state index >= 15 is 0 Å². The van der Waals surface area contributed by atoms with Crippen molar-refractivity contribution in [3.8, 4) is 5.75 Å². The molecule has 59 heavy (non-hydrogen) atoms. The fraction of sp³-hybridized carbons (Fsp3) is 0.429. The van der Waals surface area contributed by atoms with Crippen LogP contribution in [0, 0.1) is 0 Å². The molecule has 6 aliphatic rings. The lowest BCUT2D eigenvalue weighted by Gasteiger charge is -2.44. The fourth-order valence-electron chi connectivity index (χ4n) is 11.5. The normalized spacial score (nSPS) is 26.2. The van der Waals surface area contributed by atoms with E-state index in [-0.39, 0.29) is 24.7 Å². The Morgan fingerprint density at radius 3 is 1.98 bits per heavy atom. The van der Waals surface area contributed by atoms with Crippen molar-refractivity contribution in [3.05, 3.63) is 129 Å². The molecule has 3 fully saturated rings. The average Bonchev–Trinajstić information content (AvgIpc) is 3.79. The van der Waals surface area contributed by atoms with E-state index in [0.29, 0.717) is 40.9 Å². The summed E-state index contributed by atoms with van der Waals surface area (Å²) in [6.45, 7) is 3.63. The number of carbonyl (C=O) groups is 4. The number of hydrogen-bond donors (Lipinski definition) is 2. The van der Waals surface area contributed by atoms with Crippen LogP contribution in [0.4, 0.5) is 5.69 Å². The fourth-order valence-corrected chi connectivity index (χ4v) is 11.5. The van der Waals surface area contributed by atoms with Gasteiger partial charge in [0.05, 0.1) is 11.1 Å². The zero-order valence-electron chi connectivity index (χ0n) is 33.8. The molecule has 4 aromatic rings. The predicted octanol–water partition coefficient (Wildman–Crippen LogP) is 6.88. The smallest absolute Gasteiger partial charge is 0.262 e. The highest BCUT2D eigenvalue weighted by atomic mass is 16.3. The molecule has 10 rings (SSSR count). The van der Waals surface area contributed by atoms with E-state index in [1.165, 1.54) is 27.9 Å². The van der Waals surface area contributed by atoms with Crippen LogP contribution in [0.2, 0.25) is 0 Å². The van der Waals surface area contributed by atoms with Gasteiger partial charge in [0, 0.05) is 62.3 Å². The molecule has 4 amide bonds. The summed E-state index contributed by atoms with van der Waals surface area (Å²) < 4.78 is 0. The Morgan fingerprint density at radius 2 is 1.32 bits per heavy atom. The van der Waals surface area contributed by atoms with Gasteiger partial charge in [0.25, 0.3) is 11.8 Å². The van der Waals surface area contributed by atoms with Gasteiger partial charge in [0.15, 0.2) is 0 Å². The van der Waals surface area contributed by atoms with Crippen LogP contribution in [-0.4, -0.2) is 87.7 Å². The summed E-state index contributed by atoms with van der Waals surface area (Å²) >= 11 is 0. The number of nitrogens with zero attached hydrogens (tertiary/aromatic N) is 4. The first-order valence-electron chi connectivity index (χ1n) is 21.7. The molecule has 2 N–H and O–H groups in total. The van der Waals surface area contributed by atoms with Gasteiger partial charge in [-0.05, 0) is 141 Å². The highest BCUT2D eigenvalue weighted by molar-refractivity contribution is 6.23. The SMILES string of the molecule is CN(C1CCC(N2Cc3cc4c(cc3C2)C(=O)N(C2CCC(=O)NC2=O)C4=O)CC1)C1CCN(c2ccc([C@@H]3c4ccc(O)cc4CC[C@@H]3c3ccccc3)cc2)CC1. The maximum Gasteiger partial charge on any atom is 0.262 e. The largest absolute Gasteiger partial charge is 0.508 e. The van der Waals surface area contributed by atoms with Gasteiger partial charge >= 0.3 is 0 Å². The second kappa shape index (κ2) is 15.4. The monoisotopic (exact) mass is 791 g/mol. The lowest BCUT2D eigenvalue weighted by molar-refractivity contribution is -0.136. The molecule has 304 valence electrons. The molecule has 10 nitrogen and oxygen atoms in total. The highest BCUT2D eigenvalue weighted by Gasteiger charge is 2.46. The summed E-state index contributed by atoms with van der Waals surface area (Å²) in [5, 5.41) is 12.5. The van der Waals surface area contributed by atoms with E-state index < -0.39 is 23.8 Å². The second-order valence-electron chi connectivity index (χ2n) is 17.9. The number of nitrogens with one attached hydrogen (secondary N) is 1. The van der Waals surface area contributed by atoms with E-state index in [1.807, 2.05) is 24.3 Å². The van der Waals surface area contributed by atoms with E-state index in [9.17, 15) is 24.3 Å². The van der Waals surface area contributed by atoms with Crippen LogP contribution in [-0.2, 0) is 29.1 Å². The van der Waals surface area contributed by atoms with Crippen molar-refractivity contribution in [2.45, 2.75) is 113 Å². The van der Waals surface area contributed by atoms with Crippen LogP contribution >= 0.6 is 0 Å². The molecular weight excluding hydrogens is 739 g/mol. The van der Waals surface area contributed by atoms with Crippen molar-refractivity contribution in [1.82, 2.24) is 20.0 Å². The molecule has 0 aromatic heterocycles. The lowest BCUT2D eigenvalue weighted by Crippen LogP contribution is -2.54. The molecule has 2 aliphatic carbocycles. The molecule has 4 aliphatic heterocycles. The molecule has 4 aromatic carbocycles. The number of fused-ring (bicyclic) bond motifs is 3. The van der Waals surface area contributed by atoms with Crippen molar-refractivity contribution in [1.29, 1.82) is 0 Å². The Morgan fingerprint density at radius 1 is 0.661 bits per heavy atom. The van der Waals surface area contributed by atoms with Gasteiger partial charge in [-0.3, -0.25) is 34.3 Å². The van der Waals surface area contributed by atoms with Crippen molar-refractivity contribution < 1.29 is 24.3 Å². The second-order valence-corrected chi connectivity index (χ2v) is 17.9. The summed E-state index contributed by atoms with van der Waals surface area (Å²) in [7, 11) is 2.34. The van der Waals surface area contributed by atoms with Crippen LogP contribution in [0.25, 0.3) is 0 Å². The van der Waals surface area contributed by atoms with E-state index in [0.717, 1.165) is 93.6 Å². The first-order chi connectivity index (χ1) is 28.7. The van der Waals surface area contributed by atoms with E-state index in [1.54, 1.807) is 0 Å². The molecule has 0 bridgehead atoms. The lowest BCUT2D eigenvalue weighted by atomic mass is 9.69. The number of aryl methyl sites for hydroxylation is 1. The van der Waals surface area contributed by atoms with Crippen LogP contribution in [0.5, 0.6) is 5.75 Å². The van der Waals surface area contributed by atoms with Crippen LogP contribution in [0.3, 0.4) is 0 Å². The van der Waals surface area contributed by atoms with E-state index in [2.05, 4.69) is 87.7 Å². The summed E-state index contributed by atoms with van der Waals surface area (Å²) in [6, 6.07) is 30.6. The number of rotatable bonds is 7. The predicted molar refractivity (Wildman–Crippen MR) is 225 cm³/mol. The Bertz CT molecular complexity index is 2250. The molecule has 0 spiro atoms. The standard InChI is InChI=1S/C49H53N5O5/c1-51(35-12-14-38(15-13-35)53-28-33-26-42-43(27-34(33)29-53)49(59)54(48(42)58)44-19-20-45(56)50-47(44)57)36-21-23-52(24-22-36)37-10-7-31(8-11-37)46-40(30-5-3-2-4-6-30)17-9-32-25-39(55)16-18-41(32)46/h2-8,10-11,16,18,25-27,35-36,38,40,44,46,55H,9,12-15,17,19-24,28-29H2,1H3,(H,50,56,57)/t35?,38?,40-,44?,46+/m1/s1. The van der Waals surface area contributed by atoms with Crippen molar-refractivity contribution in [3.63, 3.8) is 0 Å². The van der Waals surface area contributed by atoms with Crippen molar-refractivity contribution in [2.24, 2.45) is 0 Å². The molecule has 2 saturated heterocycles. The third-order valence-electron chi connectivity index (χ3n) is 14.7. The minimum atomic E-state index is -0.942. The zero-order valence-corrected chi connectivity index (χ0v) is 33.8. The van der Waals surface area contributed by atoms with Crippen LogP contribution in [0.1, 0.15) is 124 Å². The number of phenolic OH excluding ortho intramolecular Hbond substituents is 1. The highest BCUT2D eigenvalue weighted by Crippen LogP contribution is 2.47. The van der Waals surface area contributed by atoms with Gasteiger partial charge < -0.3 is 14.9 Å². The number of carbonyl (C=O) groups excluding carboxylic acids is 4. The maximum atomic E-state index is 13.4. The Labute approximate surface area is 346 Å². The van der Waals surface area contributed by atoms with E-state index in [4.69, 9.17) is 0 Å². The molecule has 1 unspecified atom stereocenters. The minimum absolute atomic E-state index is 0.115. The van der Waals surface area contributed by atoms with Crippen molar-refractivity contribution >= 4 is 29.3 Å². The summed E-state index contributed by atoms with van der Waals surface area (Å²) in [4.78, 5) is 59.8. The minimum Gasteiger partial charge on any atom is -0.508 e. The Balaban J connectivity index is 0.730. The topological polar surface area (TPSA) is 114 Å². The third kappa shape index (κ3) is 6.94. The first kappa shape index (κ1) is 37.9. The summed E-state index contributed by atoms with van der Waals surface area (Å²) in [5.74, 6) is -0.823. The summed E-state index contributed by atoms with van der Waals surface area (Å²) in [6.07, 6.45) is 9.21. The number of hydrogen-bond acceptors (Lipinski definition) is 8. The molecule has 3 atom stereocenters. The molecule has 10 heteroatoms. The zero-order chi connectivity index (χ0) is 40.4. The van der Waals surface area contributed by atoms with Gasteiger partial charge in [-0.25, -0.2) is 0 Å². The average molecular weight is 792 g/mol. The maximum absolute atomic E-state index is 13.4. The number of imide groups is 2. The van der Waals surface area contributed by atoms with Gasteiger partial charge in [0.2, 0.25) is 11.8 Å². The number of aromatic hydroxyl groups is 1. The molecule has 0 radical (unpaired) electrons. The summed E-state index contributed by atoms with van der Waals surface area (Å²) in [5.41, 5.74) is 9.53. The molecule has 4 heterocycles. The quantitative estimate of drug-likeness (QED) is 0.195. The number of benzene rings is 4. The Hall–Kier alpha value is -5.32. The number of piperidine rings is 2. The molecule has 1 saturated carbocycles. The number of phenols is 1. The molecular formula is C49H53N5O5. The van der Waals surface area contributed by atoms with Crippen molar-refractivity contribution in [2.75, 3.05) is 25.0 Å². The van der Waals surface area contributed by atoms with Gasteiger partial charge in [-0.2, -0.15) is 0 Å². The first-order valence-corrected chi connectivity index (χ1v) is 21.7. The van der Waals surface area contributed by atoms with Gasteiger partial charge in [0.1, 0.15) is 11.8 Å². The number of amides is 4. The third-order valence-corrected chi connectivity index (χ3v) is 14.7. The Kier molecular flexibility index (Phi) is 9.88. The number of anilines is 1. The van der Waals surface area contributed by atoms with Crippen LogP contribution < -0.4 is 10.2 Å². The van der Waals surface area contributed by atoms with Gasteiger partial charge in [-0.1, -0.05) is 48.5 Å². The van der Waals surface area contributed by atoms with Gasteiger partial charge in [-0.15, -0.1) is 0 Å². The van der Waals surface area contributed by atoms with Crippen LogP contribution in [0.15, 0.2) is 84.9 Å².